The minimum Gasteiger partial charge on any atom is -0.496 e. The van der Waals surface area contributed by atoms with Gasteiger partial charge in [-0.3, -0.25) is 0 Å². The SMILES string of the molecule is CCC(Oc1cnc(N(Cc2cc(C(F)(F)F)cc(C(F)(F)F)c2)Cc2cc(C(F)(F)F)c(OC)cc2-c2cc(C(C)C)ccc2OC)nc1)C(=O)O. The van der Waals surface area contributed by atoms with Crippen molar-refractivity contribution in [3.63, 3.8) is 0 Å². The average molecular weight is 760 g/mol. The van der Waals surface area contributed by atoms with Gasteiger partial charge in [0, 0.05) is 18.7 Å². The van der Waals surface area contributed by atoms with Gasteiger partial charge in [0.2, 0.25) is 5.95 Å². The summed E-state index contributed by atoms with van der Waals surface area (Å²) >= 11 is 0. The molecule has 0 saturated carbocycles. The molecule has 0 saturated heterocycles. The molecule has 53 heavy (non-hydrogen) atoms. The van der Waals surface area contributed by atoms with Gasteiger partial charge in [0.05, 0.1) is 43.3 Å². The number of rotatable bonds is 13. The summed E-state index contributed by atoms with van der Waals surface area (Å²) in [6, 6.07) is 7.89. The van der Waals surface area contributed by atoms with Gasteiger partial charge < -0.3 is 24.2 Å². The third kappa shape index (κ3) is 9.81. The van der Waals surface area contributed by atoms with Crippen LogP contribution in [0.25, 0.3) is 11.1 Å². The van der Waals surface area contributed by atoms with Crippen molar-refractivity contribution in [1.29, 1.82) is 0 Å². The van der Waals surface area contributed by atoms with Crippen LogP contribution in [0.5, 0.6) is 17.2 Å². The molecule has 0 bridgehead atoms. The second-order valence-electron chi connectivity index (χ2n) is 12.2. The number of carboxylic acids is 1. The van der Waals surface area contributed by atoms with Crippen molar-refractivity contribution in [3.05, 3.63) is 94.3 Å². The fourth-order valence-electron chi connectivity index (χ4n) is 5.43. The van der Waals surface area contributed by atoms with Gasteiger partial charge in [-0.15, -0.1) is 0 Å². The van der Waals surface area contributed by atoms with Crippen LogP contribution in [-0.2, 0) is 36.4 Å². The first-order valence-electron chi connectivity index (χ1n) is 15.9. The molecule has 0 amide bonds. The van der Waals surface area contributed by atoms with Gasteiger partial charge in [-0.2, -0.15) is 39.5 Å². The molecule has 286 valence electrons. The topological polar surface area (TPSA) is 94.0 Å². The van der Waals surface area contributed by atoms with E-state index >= 15 is 0 Å². The Morgan fingerprint density at radius 3 is 1.83 bits per heavy atom. The van der Waals surface area contributed by atoms with Gasteiger partial charge in [0.25, 0.3) is 0 Å². The van der Waals surface area contributed by atoms with Gasteiger partial charge >= 0.3 is 24.5 Å². The van der Waals surface area contributed by atoms with Crippen molar-refractivity contribution in [1.82, 2.24) is 9.97 Å². The van der Waals surface area contributed by atoms with Crippen molar-refractivity contribution in [2.75, 3.05) is 19.1 Å². The number of benzene rings is 3. The monoisotopic (exact) mass is 759 g/mol. The first kappa shape index (κ1) is 40.5. The molecule has 0 radical (unpaired) electrons. The molecule has 0 aliphatic heterocycles. The van der Waals surface area contributed by atoms with Crippen LogP contribution >= 0.6 is 0 Å². The largest absolute Gasteiger partial charge is 0.496 e. The molecule has 0 aliphatic rings. The Bertz CT molecular complexity index is 1880. The molecule has 1 unspecified atom stereocenters. The fourth-order valence-corrected chi connectivity index (χ4v) is 5.43. The van der Waals surface area contributed by atoms with Crippen LogP contribution in [0.1, 0.15) is 66.5 Å². The van der Waals surface area contributed by atoms with Crippen LogP contribution in [0.2, 0.25) is 0 Å². The van der Waals surface area contributed by atoms with E-state index in [0.717, 1.165) is 42.1 Å². The summed E-state index contributed by atoms with van der Waals surface area (Å²) in [6.45, 7) is 3.96. The first-order valence-corrected chi connectivity index (χ1v) is 15.9. The van der Waals surface area contributed by atoms with Crippen LogP contribution in [0.15, 0.2) is 60.9 Å². The van der Waals surface area contributed by atoms with E-state index in [4.69, 9.17) is 14.2 Å². The zero-order valence-electron chi connectivity index (χ0n) is 28.9. The maximum absolute atomic E-state index is 14.4. The standard InChI is InChI=1S/C36H34F9N3O5/c1-6-29(32(49)50)53-25-15-46-33(47-16-25)48(17-20-9-23(34(37,38)39)13-24(10-20)35(40,41)42)18-22-12-28(36(43,44)45)31(52-5)14-26(22)27-11-21(19(2)3)7-8-30(27)51-4/h7-16,19,29H,6,17-18H2,1-5H3,(H,49,50). The van der Waals surface area contributed by atoms with Crippen molar-refractivity contribution < 1.29 is 63.6 Å². The van der Waals surface area contributed by atoms with Crippen molar-refractivity contribution >= 4 is 11.9 Å². The summed E-state index contributed by atoms with van der Waals surface area (Å²) in [5.41, 5.74) is -3.79. The van der Waals surface area contributed by atoms with E-state index in [1.54, 1.807) is 18.2 Å². The van der Waals surface area contributed by atoms with E-state index < -0.39 is 71.7 Å². The van der Waals surface area contributed by atoms with Crippen LogP contribution < -0.4 is 19.1 Å². The van der Waals surface area contributed by atoms with E-state index in [1.807, 2.05) is 13.8 Å². The van der Waals surface area contributed by atoms with Gasteiger partial charge in [-0.05, 0) is 77.1 Å². The normalized spacial score (nSPS) is 12.8. The molecule has 4 aromatic rings. The number of methoxy groups -OCH3 is 2. The molecule has 17 heteroatoms. The molecule has 3 aromatic carbocycles. The number of hydrogen-bond acceptors (Lipinski definition) is 7. The number of hydrogen-bond donors (Lipinski definition) is 1. The second kappa shape index (κ2) is 15.8. The molecule has 0 spiro atoms. The van der Waals surface area contributed by atoms with Gasteiger partial charge in [-0.1, -0.05) is 26.8 Å². The number of ether oxygens (including phenoxy) is 3. The molecule has 0 aliphatic carbocycles. The third-order valence-corrected chi connectivity index (χ3v) is 8.12. The fraction of sp³-hybridized carbons (Fsp3) is 0.361. The summed E-state index contributed by atoms with van der Waals surface area (Å²) < 4.78 is 142. The zero-order chi connectivity index (χ0) is 39.5. The number of nitrogens with zero attached hydrogens (tertiary/aromatic N) is 3. The Kier molecular flexibility index (Phi) is 12.1. The highest BCUT2D eigenvalue weighted by Gasteiger charge is 2.38. The maximum atomic E-state index is 14.4. The minimum atomic E-state index is -5.18. The van der Waals surface area contributed by atoms with Crippen LogP contribution in [0.4, 0.5) is 45.5 Å². The number of alkyl halides is 9. The van der Waals surface area contributed by atoms with Crippen molar-refractivity contribution in [3.8, 4) is 28.4 Å². The molecule has 1 atom stereocenters. The van der Waals surface area contributed by atoms with E-state index in [1.165, 1.54) is 14.0 Å². The van der Waals surface area contributed by atoms with Gasteiger partial charge in [0.15, 0.2) is 11.9 Å². The Balaban J connectivity index is 1.98. The first-order chi connectivity index (χ1) is 24.7. The quantitative estimate of drug-likeness (QED) is 0.135. The Morgan fingerprint density at radius 1 is 0.774 bits per heavy atom. The van der Waals surface area contributed by atoms with Gasteiger partial charge in [-0.25, -0.2) is 14.8 Å². The molecule has 0 fully saturated rings. The lowest BCUT2D eigenvalue weighted by atomic mass is 9.92. The van der Waals surface area contributed by atoms with E-state index in [0.29, 0.717) is 17.7 Å². The number of aliphatic carboxylic acids is 1. The summed E-state index contributed by atoms with van der Waals surface area (Å²) in [4.78, 5) is 20.8. The highest BCUT2D eigenvalue weighted by molar-refractivity contribution is 5.77. The molecular formula is C36H34F9N3O5. The number of carbonyl (C=O) groups is 1. The number of halogens is 9. The van der Waals surface area contributed by atoms with Gasteiger partial charge in [0.1, 0.15) is 11.5 Å². The predicted octanol–water partition coefficient (Wildman–Crippen LogP) is 9.79. The molecule has 1 heterocycles. The molecular weight excluding hydrogens is 725 g/mol. The molecule has 8 nitrogen and oxygen atoms in total. The van der Waals surface area contributed by atoms with Crippen LogP contribution in [-0.4, -0.2) is 41.4 Å². The molecule has 1 aromatic heterocycles. The van der Waals surface area contributed by atoms with E-state index in [2.05, 4.69) is 9.97 Å². The lowest BCUT2D eigenvalue weighted by molar-refractivity contribution is -0.145. The Labute approximate surface area is 298 Å². The van der Waals surface area contributed by atoms with Crippen LogP contribution in [0, 0.1) is 0 Å². The highest BCUT2D eigenvalue weighted by atomic mass is 19.4. The number of aromatic nitrogens is 2. The van der Waals surface area contributed by atoms with Crippen LogP contribution in [0.3, 0.4) is 0 Å². The summed E-state index contributed by atoms with van der Waals surface area (Å²) in [7, 11) is 2.39. The zero-order valence-corrected chi connectivity index (χ0v) is 28.9. The highest BCUT2D eigenvalue weighted by Crippen LogP contribution is 2.44. The molecule has 1 N–H and O–H groups in total. The maximum Gasteiger partial charge on any atom is 0.419 e. The van der Waals surface area contributed by atoms with Crippen molar-refractivity contribution in [2.24, 2.45) is 0 Å². The second-order valence-corrected chi connectivity index (χ2v) is 12.2. The number of anilines is 1. The average Bonchev–Trinajstić information content (AvgIpc) is 3.08. The molecule has 4 rings (SSSR count). The lowest BCUT2D eigenvalue weighted by Crippen LogP contribution is -2.27. The van der Waals surface area contributed by atoms with E-state index in [9.17, 15) is 49.4 Å². The smallest absolute Gasteiger partial charge is 0.419 e. The third-order valence-electron chi connectivity index (χ3n) is 8.12. The summed E-state index contributed by atoms with van der Waals surface area (Å²) in [5.74, 6) is -2.13. The summed E-state index contributed by atoms with van der Waals surface area (Å²) in [5, 5.41) is 9.35. The lowest BCUT2D eigenvalue weighted by Gasteiger charge is -2.27. The Morgan fingerprint density at radius 2 is 1.36 bits per heavy atom. The van der Waals surface area contributed by atoms with Crippen molar-refractivity contribution in [2.45, 2.75) is 70.8 Å². The Hall–Kier alpha value is -5.22. The predicted molar refractivity (Wildman–Crippen MR) is 175 cm³/mol. The van der Waals surface area contributed by atoms with E-state index in [-0.39, 0.29) is 47.0 Å². The summed E-state index contributed by atoms with van der Waals surface area (Å²) in [6.07, 6.45) is -14.5. The number of carboxylic acid groups (broad SMARTS) is 1. The minimum absolute atomic E-state index is 0.0396.